The molecule has 0 radical (unpaired) electrons. The van der Waals surface area contributed by atoms with Crippen molar-refractivity contribution in [1.82, 2.24) is 10.9 Å². The molecule has 2 N–H and O–H groups in total. The van der Waals surface area contributed by atoms with E-state index in [1.54, 1.807) is 6.26 Å². The maximum absolute atomic E-state index is 12.1. The van der Waals surface area contributed by atoms with Gasteiger partial charge >= 0.3 is 0 Å². The number of nitrogens with one attached hydrogen (secondary N) is 2. The number of carbonyl (C=O) groups excluding carboxylic acids is 2. The van der Waals surface area contributed by atoms with Crippen LogP contribution >= 0.6 is 0 Å². The zero-order chi connectivity index (χ0) is 17.6. The molecule has 3 rings (SSSR count). The van der Waals surface area contributed by atoms with Gasteiger partial charge in [-0.25, -0.2) is 0 Å². The van der Waals surface area contributed by atoms with Gasteiger partial charge < -0.3 is 4.42 Å². The lowest BCUT2D eigenvalue weighted by Gasteiger charge is -2.07. The van der Waals surface area contributed by atoms with Crippen LogP contribution in [0, 0.1) is 0 Å². The van der Waals surface area contributed by atoms with Crippen LogP contribution in [0.2, 0.25) is 0 Å². The Kier molecular flexibility index (Phi) is 5.14. The van der Waals surface area contributed by atoms with Crippen molar-refractivity contribution in [3.05, 3.63) is 71.5 Å². The highest BCUT2D eigenvalue weighted by atomic mass is 16.3. The molecular weight excluding hydrogens is 316 g/mol. The van der Waals surface area contributed by atoms with E-state index in [1.165, 1.54) is 5.56 Å². The van der Waals surface area contributed by atoms with Crippen molar-refractivity contribution < 1.29 is 14.0 Å². The maximum Gasteiger partial charge on any atom is 0.242 e. The van der Waals surface area contributed by atoms with Gasteiger partial charge in [0.15, 0.2) is 0 Å². The standard InChI is InChI=1S/C20H20N2O3/c1-2-14-8-9-17-16(13-25-18(17)10-14)12-20(24)22-21-19(23)11-15-6-4-3-5-7-15/h3-10,13H,2,11-12H2,1H3,(H,21,23)(H,22,24). The monoisotopic (exact) mass is 336 g/mol. The molecule has 1 heterocycles. The summed E-state index contributed by atoms with van der Waals surface area (Å²) in [6, 6.07) is 15.3. The Morgan fingerprint density at radius 2 is 1.64 bits per heavy atom. The van der Waals surface area contributed by atoms with E-state index in [0.29, 0.717) is 0 Å². The molecule has 0 bridgehead atoms. The van der Waals surface area contributed by atoms with Crippen LogP contribution in [0.4, 0.5) is 0 Å². The Balaban J connectivity index is 1.55. The summed E-state index contributed by atoms with van der Waals surface area (Å²) in [7, 11) is 0. The Morgan fingerprint density at radius 3 is 2.36 bits per heavy atom. The van der Waals surface area contributed by atoms with Crippen molar-refractivity contribution in [3.63, 3.8) is 0 Å². The molecule has 3 aromatic rings. The van der Waals surface area contributed by atoms with Gasteiger partial charge in [0.05, 0.1) is 19.1 Å². The molecule has 0 saturated heterocycles. The highest BCUT2D eigenvalue weighted by Crippen LogP contribution is 2.23. The van der Waals surface area contributed by atoms with E-state index in [4.69, 9.17) is 4.42 Å². The molecule has 0 atom stereocenters. The average Bonchev–Trinajstić information content (AvgIpc) is 3.03. The number of hydrogen-bond donors (Lipinski definition) is 2. The first kappa shape index (κ1) is 16.8. The van der Waals surface area contributed by atoms with Gasteiger partial charge in [-0.05, 0) is 23.6 Å². The third-order valence-electron chi connectivity index (χ3n) is 4.03. The Morgan fingerprint density at radius 1 is 0.920 bits per heavy atom. The van der Waals surface area contributed by atoms with E-state index in [-0.39, 0.29) is 24.7 Å². The van der Waals surface area contributed by atoms with Gasteiger partial charge in [-0.2, -0.15) is 0 Å². The third kappa shape index (κ3) is 4.26. The number of aryl methyl sites for hydroxylation is 1. The molecule has 0 unspecified atom stereocenters. The van der Waals surface area contributed by atoms with Crippen LogP contribution < -0.4 is 10.9 Å². The first-order valence-corrected chi connectivity index (χ1v) is 8.26. The summed E-state index contributed by atoms with van der Waals surface area (Å²) in [4.78, 5) is 23.9. The van der Waals surface area contributed by atoms with Crippen LogP contribution in [0.3, 0.4) is 0 Å². The molecule has 5 nitrogen and oxygen atoms in total. The topological polar surface area (TPSA) is 71.3 Å². The van der Waals surface area contributed by atoms with Crippen LogP contribution in [0.15, 0.2) is 59.2 Å². The Bertz CT molecular complexity index is 884. The van der Waals surface area contributed by atoms with E-state index in [9.17, 15) is 9.59 Å². The summed E-state index contributed by atoms with van der Waals surface area (Å²) in [5.74, 6) is -0.548. The molecular formula is C20H20N2O3. The van der Waals surface area contributed by atoms with Crippen molar-refractivity contribution in [3.8, 4) is 0 Å². The summed E-state index contributed by atoms with van der Waals surface area (Å²) in [5.41, 5.74) is 8.54. The van der Waals surface area contributed by atoms with Crippen LogP contribution in [-0.2, 0) is 28.9 Å². The largest absolute Gasteiger partial charge is 0.464 e. The van der Waals surface area contributed by atoms with Gasteiger partial charge in [0.1, 0.15) is 5.58 Å². The second-order valence-corrected chi connectivity index (χ2v) is 5.88. The second-order valence-electron chi connectivity index (χ2n) is 5.88. The number of hydrazine groups is 1. The van der Waals surface area contributed by atoms with Gasteiger partial charge in [-0.1, -0.05) is 49.4 Å². The zero-order valence-electron chi connectivity index (χ0n) is 14.0. The number of benzene rings is 2. The molecule has 25 heavy (non-hydrogen) atoms. The number of hydrogen-bond acceptors (Lipinski definition) is 3. The van der Waals surface area contributed by atoms with Crippen molar-refractivity contribution in [2.45, 2.75) is 26.2 Å². The van der Waals surface area contributed by atoms with Gasteiger partial charge in [0, 0.05) is 10.9 Å². The van der Waals surface area contributed by atoms with E-state index in [1.807, 2.05) is 48.5 Å². The fraction of sp³-hybridized carbons (Fsp3) is 0.200. The summed E-state index contributed by atoms with van der Waals surface area (Å²) in [6.07, 6.45) is 2.88. The van der Waals surface area contributed by atoms with E-state index in [2.05, 4.69) is 17.8 Å². The summed E-state index contributed by atoms with van der Waals surface area (Å²) in [5, 5.41) is 0.919. The second kappa shape index (κ2) is 7.66. The molecule has 0 aliphatic heterocycles. The molecule has 5 heteroatoms. The summed E-state index contributed by atoms with van der Waals surface area (Å²) in [6.45, 7) is 2.08. The SMILES string of the molecule is CCc1ccc2c(CC(=O)NNC(=O)Cc3ccccc3)coc2c1. The predicted molar refractivity (Wildman–Crippen MR) is 95.7 cm³/mol. The quantitative estimate of drug-likeness (QED) is 0.704. The Hall–Kier alpha value is -3.08. The molecule has 0 saturated carbocycles. The van der Waals surface area contributed by atoms with Crippen molar-refractivity contribution >= 4 is 22.8 Å². The lowest BCUT2D eigenvalue weighted by Crippen LogP contribution is -2.43. The van der Waals surface area contributed by atoms with Crippen LogP contribution in [0.25, 0.3) is 11.0 Å². The minimum Gasteiger partial charge on any atom is -0.464 e. The first-order valence-electron chi connectivity index (χ1n) is 8.26. The fourth-order valence-electron chi connectivity index (χ4n) is 2.67. The third-order valence-corrected chi connectivity index (χ3v) is 4.03. The maximum atomic E-state index is 12.1. The number of amides is 2. The smallest absolute Gasteiger partial charge is 0.242 e. The molecule has 2 amide bonds. The summed E-state index contributed by atoms with van der Waals surface area (Å²) < 4.78 is 5.53. The number of carbonyl (C=O) groups is 2. The normalized spacial score (nSPS) is 10.6. The van der Waals surface area contributed by atoms with Crippen molar-refractivity contribution in [2.75, 3.05) is 0 Å². The average molecular weight is 336 g/mol. The van der Waals surface area contributed by atoms with Gasteiger partial charge in [0.2, 0.25) is 11.8 Å². The first-order chi connectivity index (χ1) is 12.2. The molecule has 0 aliphatic rings. The van der Waals surface area contributed by atoms with Gasteiger partial charge in [-0.15, -0.1) is 0 Å². The molecule has 0 fully saturated rings. The van der Waals surface area contributed by atoms with Crippen molar-refractivity contribution in [1.29, 1.82) is 0 Å². The minimum absolute atomic E-state index is 0.143. The minimum atomic E-state index is -0.288. The zero-order valence-corrected chi connectivity index (χ0v) is 14.0. The van der Waals surface area contributed by atoms with Gasteiger partial charge in [0.25, 0.3) is 0 Å². The van der Waals surface area contributed by atoms with E-state index < -0.39 is 0 Å². The van der Waals surface area contributed by atoms with E-state index in [0.717, 1.165) is 28.5 Å². The highest BCUT2D eigenvalue weighted by Gasteiger charge is 2.11. The molecule has 0 aliphatic carbocycles. The van der Waals surface area contributed by atoms with E-state index >= 15 is 0 Å². The molecule has 1 aromatic heterocycles. The van der Waals surface area contributed by atoms with Crippen LogP contribution in [0.5, 0.6) is 0 Å². The molecule has 128 valence electrons. The van der Waals surface area contributed by atoms with Gasteiger partial charge in [-0.3, -0.25) is 20.4 Å². The number of furan rings is 1. The lowest BCUT2D eigenvalue weighted by molar-refractivity contribution is -0.128. The Labute approximate surface area is 146 Å². The van der Waals surface area contributed by atoms with Crippen LogP contribution in [-0.4, -0.2) is 11.8 Å². The van der Waals surface area contributed by atoms with Crippen LogP contribution in [0.1, 0.15) is 23.6 Å². The predicted octanol–water partition coefficient (Wildman–Crippen LogP) is 2.93. The number of rotatable bonds is 5. The van der Waals surface area contributed by atoms with Crippen molar-refractivity contribution in [2.24, 2.45) is 0 Å². The lowest BCUT2D eigenvalue weighted by atomic mass is 10.1. The fourth-order valence-corrected chi connectivity index (χ4v) is 2.67. The number of fused-ring (bicyclic) bond motifs is 1. The highest BCUT2D eigenvalue weighted by molar-refractivity contribution is 5.89. The molecule has 0 spiro atoms. The summed E-state index contributed by atoms with van der Waals surface area (Å²) >= 11 is 0. The molecule has 2 aromatic carbocycles.